The highest BCUT2D eigenvalue weighted by molar-refractivity contribution is 5.40. The van der Waals surface area contributed by atoms with Crippen molar-refractivity contribution in [2.45, 2.75) is 25.1 Å². The highest BCUT2D eigenvalue weighted by Crippen LogP contribution is 2.32. The maximum atomic E-state index is 12.7. The first kappa shape index (κ1) is 13.6. The van der Waals surface area contributed by atoms with Gasteiger partial charge in [-0.1, -0.05) is 0 Å². The maximum Gasteiger partial charge on any atom is 0.406 e. The van der Waals surface area contributed by atoms with E-state index in [0.717, 1.165) is 4.90 Å². The summed E-state index contributed by atoms with van der Waals surface area (Å²) in [7, 11) is 0. The molecule has 0 bridgehead atoms. The van der Waals surface area contributed by atoms with Gasteiger partial charge in [0, 0.05) is 18.4 Å². The normalized spacial score (nSPS) is 15.2. The zero-order valence-corrected chi connectivity index (χ0v) is 10.8. The first-order valence-electron chi connectivity index (χ1n) is 6.27. The third-order valence-corrected chi connectivity index (χ3v) is 2.93. The van der Waals surface area contributed by atoms with E-state index in [0.29, 0.717) is 12.8 Å². The second kappa shape index (κ2) is 4.86. The highest BCUT2D eigenvalue weighted by atomic mass is 19.4. The molecule has 2 heterocycles. The third-order valence-electron chi connectivity index (χ3n) is 2.93. The van der Waals surface area contributed by atoms with Crippen molar-refractivity contribution < 1.29 is 13.2 Å². The van der Waals surface area contributed by atoms with Crippen LogP contribution in [-0.4, -0.2) is 43.5 Å². The Morgan fingerprint density at radius 3 is 2.62 bits per heavy atom. The van der Waals surface area contributed by atoms with Crippen LogP contribution in [0.15, 0.2) is 18.5 Å². The second-order valence-electron chi connectivity index (χ2n) is 4.72. The van der Waals surface area contributed by atoms with Gasteiger partial charge in [0.25, 0.3) is 5.95 Å². The Labute approximate surface area is 117 Å². The molecule has 2 aromatic rings. The van der Waals surface area contributed by atoms with Crippen LogP contribution >= 0.6 is 0 Å². The van der Waals surface area contributed by atoms with Crippen LogP contribution in [0, 0.1) is 0 Å². The molecule has 0 atom stereocenters. The maximum absolute atomic E-state index is 12.7. The quantitative estimate of drug-likeness (QED) is 0.912. The van der Waals surface area contributed by atoms with Crippen molar-refractivity contribution in [3.05, 3.63) is 18.5 Å². The molecule has 1 aliphatic carbocycles. The van der Waals surface area contributed by atoms with E-state index in [2.05, 4.69) is 20.1 Å². The van der Waals surface area contributed by atoms with Gasteiger partial charge in [0.1, 0.15) is 6.54 Å². The SMILES string of the molecule is Nc1nc(N(CC(F)(F)F)C2CC2)nc(-n2cccn2)n1. The molecule has 0 saturated heterocycles. The average Bonchev–Trinajstić information content (AvgIpc) is 3.08. The Morgan fingerprint density at radius 2 is 2.05 bits per heavy atom. The molecule has 0 radical (unpaired) electrons. The van der Waals surface area contributed by atoms with Crippen LogP contribution in [0.5, 0.6) is 0 Å². The summed E-state index contributed by atoms with van der Waals surface area (Å²) in [5.74, 6) is -0.124. The summed E-state index contributed by atoms with van der Waals surface area (Å²) in [6.07, 6.45) is 0.102. The van der Waals surface area contributed by atoms with Crippen LogP contribution < -0.4 is 10.6 Å². The van der Waals surface area contributed by atoms with Gasteiger partial charge in [0.15, 0.2) is 0 Å². The number of rotatable bonds is 4. The molecule has 21 heavy (non-hydrogen) atoms. The first-order valence-corrected chi connectivity index (χ1v) is 6.27. The molecule has 0 spiro atoms. The molecule has 2 aromatic heterocycles. The molecule has 1 saturated carbocycles. The lowest BCUT2D eigenvalue weighted by atomic mass is 10.4. The zero-order chi connectivity index (χ0) is 15.0. The summed E-state index contributed by atoms with van der Waals surface area (Å²) in [5.41, 5.74) is 5.58. The van der Waals surface area contributed by atoms with Gasteiger partial charge < -0.3 is 10.6 Å². The standard InChI is InChI=1S/C11H12F3N7/c12-11(13,14)6-20(7-2-3-7)9-17-8(15)18-10(19-9)21-5-1-4-16-21/h1,4-5,7H,2-3,6H2,(H2,15,17,18,19). The molecule has 7 nitrogen and oxygen atoms in total. The van der Waals surface area contributed by atoms with Gasteiger partial charge in [0.05, 0.1) is 0 Å². The molecule has 3 rings (SSSR count). The van der Waals surface area contributed by atoms with Gasteiger partial charge in [-0.25, -0.2) is 4.68 Å². The number of anilines is 2. The van der Waals surface area contributed by atoms with Crippen LogP contribution in [0.3, 0.4) is 0 Å². The predicted molar refractivity (Wildman–Crippen MR) is 67.8 cm³/mol. The van der Waals surface area contributed by atoms with Crippen molar-refractivity contribution in [1.82, 2.24) is 24.7 Å². The number of hydrogen-bond donors (Lipinski definition) is 1. The lowest BCUT2D eigenvalue weighted by molar-refractivity contribution is -0.120. The monoisotopic (exact) mass is 299 g/mol. The van der Waals surface area contributed by atoms with Gasteiger partial charge >= 0.3 is 6.18 Å². The zero-order valence-electron chi connectivity index (χ0n) is 10.8. The molecule has 2 N–H and O–H groups in total. The van der Waals surface area contributed by atoms with Crippen molar-refractivity contribution in [1.29, 1.82) is 0 Å². The average molecular weight is 299 g/mol. The first-order chi connectivity index (χ1) is 9.92. The van der Waals surface area contributed by atoms with Crippen molar-refractivity contribution in [2.75, 3.05) is 17.2 Å². The molecular formula is C11H12F3N7. The number of nitrogen functional groups attached to an aromatic ring is 1. The fourth-order valence-electron chi connectivity index (χ4n) is 1.93. The van der Waals surface area contributed by atoms with E-state index in [-0.39, 0.29) is 23.9 Å². The van der Waals surface area contributed by atoms with Crippen LogP contribution in [0.2, 0.25) is 0 Å². The van der Waals surface area contributed by atoms with Crippen molar-refractivity contribution >= 4 is 11.9 Å². The van der Waals surface area contributed by atoms with Gasteiger partial charge in [-0.15, -0.1) is 0 Å². The van der Waals surface area contributed by atoms with Gasteiger partial charge in [-0.3, -0.25) is 0 Å². The summed E-state index contributed by atoms with van der Waals surface area (Å²) in [5, 5.41) is 3.93. The number of alkyl halides is 3. The Hall–Kier alpha value is -2.39. The number of halogens is 3. The van der Waals surface area contributed by atoms with E-state index >= 15 is 0 Å². The fourth-order valence-corrected chi connectivity index (χ4v) is 1.93. The van der Waals surface area contributed by atoms with Crippen molar-refractivity contribution in [2.24, 2.45) is 0 Å². The lowest BCUT2D eigenvalue weighted by Crippen LogP contribution is -2.37. The number of aromatic nitrogens is 5. The van der Waals surface area contributed by atoms with Gasteiger partial charge in [-0.05, 0) is 18.9 Å². The van der Waals surface area contributed by atoms with Crippen LogP contribution in [0.25, 0.3) is 5.95 Å². The van der Waals surface area contributed by atoms with E-state index < -0.39 is 12.7 Å². The molecule has 0 amide bonds. The number of nitrogens with zero attached hydrogens (tertiary/aromatic N) is 6. The lowest BCUT2D eigenvalue weighted by Gasteiger charge is -2.23. The summed E-state index contributed by atoms with van der Waals surface area (Å²) < 4.78 is 39.4. The molecular weight excluding hydrogens is 287 g/mol. The minimum atomic E-state index is -4.34. The van der Waals surface area contributed by atoms with Gasteiger partial charge in [0.2, 0.25) is 11.9 Å². The Kier molecular flexibility index (Phi) is 3.15. The van der Waals surface area contributed by atoms with E-state index in [1.165, 1.54) is 10.9 Å². The minimum Gasteiger partial charge on any atom is -0.368 e. The molecule has 1 aliphatic rings. The largest absolute Gasteiger partial charge is 0.406 e. The highest BCUT2D eigenvalue weighted by Gasteiger charge is 2.39. The number of hydrogen-bond acceptors (Lipinski definition) is 6. The minimum absolute atomic E-state index is 0.0761. The van der Waals surface area contributed by atoms with E-state index in [1.807, 2.05) is 0 Å². The second-order valence-corrected chi connectivity index (χ2v) is 4.72. The summed E-state index contributed by atoms with van der Waals surface area (Å²) in [4.78, 5) is 12.9. The van der Waals surface area contributed by atoms with E-state index in [1.54, 1.807) is 12.3 Å². The molecule has 0 unspecified atom stereocenters. The molecule has 0 aliphatic heterocycles. The van der Waals surface area contributed by atoms with E-state index in [4.69, 9.17) is 5.73 Å². The van der Waals surface area contributed by atoms with Crippen molar-refractivity contribution in [3.8, 4) is 5.95 Å². The molecule has 112 valence electrons. The summed E-state index contributed by atoms with van der Waals surface area (Å²) in [6.45, 7) is -1.11. The van der Waals surface area contributed by atoms with Crippen LogP contribution in [0.1, 0.15) is 12.8 Å². The molecule has 1 fully saturated rings. The van der Waals surface area contributed by atoms with E-state index in [9.17, 15) is 13.2 Å². The third kappa shape index (κ3) is 3.20. The Balaban J connectivity index is 1.96. The Morgan fingerprint density at radius 1 is 1.29 bits per heavy atom. The van der Waals surface area contributed by atoms with Crippen molar-refractivity contribution in [3.63, 3.8) is 0 Å². The Bertz CT molecular complexity index is 621. The molecule has 0 aromatic carbocycles. The summed E-state index contributed by atoms with van der Waals surface area (Å²) in [6, 6.07) is 1.44. The number of nitrogens with two attached hydrogens (primary N) is 1. The fraction of sp³-hybridized carbons (Fsp3) is 0.455. The van der Waals surface area contributed by atoms with Gasteiger partial charge in [-0.2, -0.15) is 33.2 Å². The van der Waals surface area contributed by atoms with Crippen LogP contribution in [-0.2, 0) is 0 Å². The predicted octanol–water partition coefficient (Wildman–Crippen LogP) is 1.17. The van der Waals surface area contributed by atoms with Crippen LogP contribution in [0.4, 0.5) is 25.1 Å². The summed E-state index contributed by atoms with van der Waals surface area (Å²) >= 11 is 0. The smallest absolute Gasteiger partial charge is 0.368 e. The molecule has 10 heteroatoms. The topological polar surface area (TPSA) is 85.8 Å².